The van der Waals surface area contributed by atoms with Crippen molar-refractivity contribution >= 4 is 12.1 Å². The van der Waals surface area contributed by atoms with Crippen molar-refractivity contribution in [2.75, 3.05) is 20.2 Å². The van der Waals surface area contributed by atoms with Gasteiger partial charge in [-0.3, -0.25) is 4.79 Å². The van der Waals surface area contributed by atoms with Crippen LogP contribution in [0.25, 0.3) is 0 Å². The van der Waals surface area contributed by atoms with Crippen LogP contribution in [0.2, 0.25) is 0 Å². The fraction of sp³-hybridized carbons (Fsp3) is 0.579. The van der Waals surface area contributed by atoms with Crippen LogP contribution in [0.4, 0.5) is 4.79 Å². The lowest BCUT2D eigenvalue weighted by atomic mass is 9.88. The van der Waals surface area contributed by atoms with Gasteiger partial charge >= 0.3 is 12.1 Å². The van der Waals surface area contributed by atoms with E-state index in [0.29, 0.717) is 30.3 Å². The highest BCUT2D eigenvalue weighted by Crippen LogP contribution is 2.32. The summed E-state index contributed by atoms with van der Waals surface area (Å²) in [5.74, 6) is 0.0182. The van der Waals surface area contributed by atoms with Crippen LogP contribution in [-0.4, -0.2) is 47.9 Å². The number of piperidine rings is 1. The number of benzene rings is 1. The Labute approximate surface area is 148 Å². The van der Waals surface area contributed by atoms with Gasteiger partial charge in [0.05, 0.1) is 13.5 Å². The number of rotatable bonds is 4. The molecule has 1 fully saturated rings. The summed E-state index contributed by atoms with van der Waals surface area (Å²) in [7, 11) is 1.54. The van der Waals surface area contributed by atoms with Gasteiger partial charge in [-0.05, 0) is 51.2 Å². The molecule has 2 rings (SSSR count). The summed E-state index contributed by atoms with van der Waals surface area (Å²) in [5, 5.41) is 9.06. The smallest absolute Gasteiger partial charge is 0.410 e. The van der Waals surface area contributed by atoms with Crippen LogP contribution >= 0.6 is 0 Å². The van der Waals surface area contributed by atoms with Crippen molar-refractivity contribution in [3.8, 4) is 5.75 Å². The highest BCUT2D eigenvalue weighted by Gasteiger charge is 2.27. The van der Waals surface area contributed by atoms with Gasteiger partial charge in [-0.25, -0.2) is 4.79 Å². The average Bonchev–Trinajstić information content (AvgIpc) is 2.53. The summed E-state index contributed by atoms with van der Waals surface area (Å²) < 4.78 is 10.7. The quantitative estimate of drug-likeness (QED) is 0.901. The van der Waals surface area contributed by atoms with Crippen LogP contribution < -0.4 is 4.74 Å². The zero-order valence-corrected chi connectivity index (χ0v) is 15.4. The van der Waals surface area contributed by atoms with E-state index in [2.05, 4.69) is 0 Å². The van der Waals surface area contributed by atoms with E-state index in [1.807, 2.05) is 39.0 Å². The summed E-state index contributed by atoms with van der Waals surface area (Å²) in [6.45, 7) is 6.86. The van der Waals surface area contributed by atoms with Gasteiger partial charge in [0.15, 0.2) is 0 Å². The SMILES string of the molecule is COc1ccc(C2CCN(C(=O)OC(C)(C)C)CC2)cc1CC(=O)O. The molecule has 0 aromatic heterocycles. The molecule has 0 bridgehead atoms. The average molecular weight is 349 g/mol. The number of aliphatic carboxylic acids is 1. The normalized spacial score (nSPS) is 15.8. The van der Waals surface area contributed by atoms with E-state index in [1.165, 1.54) is 0 Å². The number of carbonyl (C=O) groups excluding carboxylic acids is 1. The maximum absolute atomic E-state index is 12.1. The molecule has 1 N–H and O–H groups in total. The Bertz CT molecular complexity index is 627. The second-order valence-electron chi connectivity index (χ2n) is 7.38. The first kappa shape index (κ1) is 19.1. The molecule has 0 aliphatic carbocycles. The van der Waals surface area contributed by atoms with Crippen LogP contribution in [0.1, 0.15) is 50.7 Å². The highest BCUT2D eigenvalue weighted by atomic mass is 16.6. The number of ether oxygens (including phenoxy) is 2. The first-order valence-corrected chi connectivity index (χ1v) is 8.56. The number of methoxy groups -OCH3 is 1. The molecule has 0 spiro atoms. The Balaban J connectivity index is 2.03. The molecule has 0 atom stereocenters. The van der Waals surface area contributed by atoms with Crippen LogP contribution in [-0.2, 0) is 16.0 Å². The molecule has 1 saturated heterocycles. The van der Waals surface area contributed by atoms with Crippen LogP contribution in [0, 0.1) is 0 Å². The van der Waals surface area contributed by atoms with Gasteiger partial charge in [-0.1, -0.05) is 12.1 Å². The third-order valence-corrected chi connectivity index (χ3v) is 4.26. The molecule has 0 unspecified atom stereocenters. The fourth-order valence-corrected chi connectivity index (χ4v) is 3.08. The number of likely N-dealkylation sites (tertiary alicyclic amines) is 1. The Kier molecular flexibility index (Phi) is 5.93. The van der Waals surface area contributed by atoms with Crippen molar-refractivity contribution in [1.29, 1.82) is 0 Å². The predicted octanol–water partition coefficient (Wildman–Crippen LogP) is 3.44. The predicted molar refractivity (Wildman–Crippen MR) is 94.1 cm³/mol. The third kappa shape index (κ3) is 5.37. The largest absolute Gasteiger partial charge is 0.496 e. The second-order valence-corrected chi connectivity index (χ2v) is 7.38. The fourth-order valence-electron chi connectivity index (χ4n) is 3.08. The van der Waals surface area contributed by atoms with Gasteiger partial charge in [-0.2, -0.15) is 0 Å². The minimum atomic E-state index is -0.879. The van der Waals surface area contributed by atoms with E-state index in [0.717, 1.165) is 18.4 Å². The van der Waals surface area contributed by atoms with Crippen molar-refractivity contribution in [2.45, 2.75) is 51.6 Å². The zero-order chi connectivity index (χ0) is 18.6. The number of amides is 1. The number of hydrogen-bond acceptors (Lipinski definition) is 4. The number of carboxylic acid groups (broad SMARTS) is 1. The van der Waals surface area contributed by atoms with Gasteiger partial charge < -0.3 is 19.5 Å². The first-order valence-electron chi connectivity index (χ1n) is 8.56. The lowest BCUT2D eigenvalue weighted by molar-refractivity contribution is -0.136. The molecule has 6 heteroatoms. The minimum Gasteiger partial charge on any atom is -0.496 e. The van der Waals surface area contributed by atoms with Crippen LogP contribution in [0.15, 0.2) is 18.2 Å². The highest BCUT2D eigenvalue weighted by molar-refractivity contribution is 5.71. The molecule has 6 nitrogen and oxygen atoms in total. The van der Waals surface area contributed by atoms with Crippen LogP contribution in [0.5, 0.6) is 5.75 Å². The van der Waals surface area contributed by atoms with E-state index >= 15 is 0 Å². The van der Waals surface area contributed by atoms with E-state index in [1.54, 1.807) is 12.0 Å². The van der Waals surface area contributed by atoms with E-state index in [4.69, 9.17) is 14.6 Å². The molecular weight excluding hydrogens is 322 g/mol. The lowest BCUT2D eigenvalue weighted by Crippen LogP contribution is -2.41. The van der Waals surface area contributed by atoms with Gasteiger partial charge in [0, 0.05) is 18.7 Å². The Morgan fingerprint density at radius 3 is 2.40 bits per heavy atom. The first-order chi connectivity index (χ1) is 11.7. The topological polar surface area (TPSA) is 76.1 Å². The molecule has 1 aromatic rings. The van der Waals surface area contributed by atoms with Crippen molar-refractivity contribution in [3.05, 3.63) is 29.3 Å². The van der Waals surface area contributed by atoms with Gasteiger partial charge in [0.1, 0.15) is 11.4 Å². The lowest BCUT2D eigenvalue weighted by Gasteiger charge is -2.33. The minimum absolute atomic E-state index is 0.0617. The summed E-state index contributed by atoms with van der Waals surface area (Å²) in [6.07, 6.45) is 1.33. The summed E-state index contributed by atoms with van der Waals surface area (Å²) >= 11 is 0. The van der Waals surface area contributed by atoms with Gasteiger partial charge in [0.2, 0.25) is 0 Å². The molecule has 1 amide bonds. The zero-order valence-electron chi connectivity index (χ0n) is 15.4. The number of carbonyl (C=O) groups is 2. The van der Waals surface area contributed by atoms with E-state index in [9.17, 15) is 9.59 Å². The molecule has 0 saturated carbocycles. The van der Waals surface area contributed by atoms with Crippen molar-refractivity contribution in [2.24, 2.45) is 0 Å². The summed E-state index contributed by atoms with van der Waals surface area (Å²) in [4.78, 5) is 24.9. The van der Waals surface area contributed by atoms with E-state index in [-0.39, 0.29) is 12.5 Å². The van der Waals surface area contributed by atoms with E-state index < -0.39 is 11.6 Å². The molecule has 0 radical (unpaired) electrons. The molecule has 1 aliphatic heterocycles. The Morgan fingerprint density at radius 2 is 1.88 bits per heavy atom. The second kappa shape index (κ2) is 7.76. The molecule has 1 aliphatic rings. The molecule has 25 heavy (non-hydrogen) atoms. The molecule has 138 valence electrons. The number of carboxylic acids is 1. The van der Waals surface area contributed by atoms with Crippen molar-refractivity contribution < 1.29 is 24.2 Å². The van der Waals surface area contributed by atoms with Gasteiger partial charge in [-0.15, -0.1) is 0 Å². The summed E-state index contributed by atoms with van der Waals surface area (Å²) in [5.41, 5.74) is 1.29. The standard InChI is InChI=1S/C19H27NO5/c1-19(2,3)25-18(23)20-9-7-13(8-10-20)14-5-6-16(24-4)15(11-14)12-17(21)22/h5-6,11,13H,7-10,12H2,1-4H3,(H,21,22). The molecule has 1 aromatic carbocycles. The maximum Gasteiger partial charge on any atom is 0.410 e. The maximum atomic E-state index is 12.1. The van der Waals surface area contributed by atoms with Crippen molar-refractivity contribution in [1.82, 2.24) is 4.90 Å². The Morgan fingerprint density at radius 1 is 1.24 bits per heavy atom. The number of hydrogen-bond donors (Lipinski definition) is 1. The van der Waals surface area contributed by atoms with Gasteiger partial charge in [0.25, 0.3) is 0 Å². The third-order valence-electron chi connectivity index (χ3n) is 4.26. The molecule has 1 heterocycles. The van der Waals surface area contributed by atoms with Crippen molar-refractivity contribution in [3.63, 3.8) is 0 Å². The monoisotopic (exact) mass is 349 g/mol. The Hall–Kier alpha value is -2.24. The number of nitrogens with zero attached hydrogens (tertiary/aromatic N) is 1. The molecular formula is C19H27NO5. The van der Waals surface area contributed by atoms with Crippen LogP contribution in [0.3, 0.4) is 0 Å². The summed E-state index contributed by atoms with van der Waals surface area (Å²) in [6, 6.07) is 5.73.